The summed E-state index contributed by atoms with van der Waals surface area (Å²) in [7, 11) is 0. The normalized spacial score (nSPS) is 10.2. The van der Waals surface area contributed by atoms with Crippen molar-refractivity contribution < 1.29 is 13.9 Å². The molecule has 0 bridgehead atoms. The lowest BCUT2D eigenvalue weighted by molar-refractivity contribution is 0.0527. The Hall–Kier alpha value is -2.43. The van der Waals surface area contributed by atoms with Crippen molar-refractivity contribution >= 4 is 17.3 Å². The molecular formula is C14H16N2O3. The smallest absolute Gasteiger partial charge is 0.340 e. The number of nitrogens with one attached hydrogen (secondary N) is 1. The van der Waals surface area contributed by atoms with Crippen molar-refractivity contribution in [2.45, 2.75) is 13.5 Å². The molecule has 0 unspecified atom stereocenters. The highest BCUT2D eigenvalue weighted by molar-refractivity contribution is 5.96. The molecule has 0 fully saturated rings. The summed E-state index contributed by atoms with van der Waals surface area (Å²) in [6.45, 7) is 2.58. The van der Waals surface area contributed by atoms with Gasteiger partial charge in [-0.2, -0.15) is 0 Å². The van der Waals surface area contributed by atoms with Crippen LogP contribution in [-0.2, 0) is 11.3 Å². The number of hydrogen-bond acceptors (Lipinski definition) is 5. The molecule has 1 aromatic carbocycles. The van der Waals surface area contributed by atoms with Crippen LogP contribution < -0.4 is 11.1 Å². The van der Waals surface area contributed by atoms with Crippen molar-refractivity contribution in [3.8, 4) is 0 Å². The van der Waals surface area contributed by atoms with E-state index in [2.05, 4.69) is 5.32 Å². The van der Waals surface area contributed by atoms with Gasteiger partial charge in [0.1, 0.15) is 5.76 Å². The van der Waals surface area contributed by atoms with E-state index >= 15 is 0 Å². The van der Waals surface area contributed by atoms with Crippen molar-refractivity contribution in [1.82, 2.24) is 0 Å². The maximum Gasteiger partial charge on any atom is 0.340 e. The van der Waals surface area contributed by atoms with E-state index < -0.39 is 5.97 Å². The number of benzene rings is 1. The number of ether oxygens (including phenoxy) is 1. The van der Waals surface area contributed by atoms with Crippen LogP contribution in [0.1, 0.15) is 23.0 Å². The number of hydrogen-bond donors (Lipinski definition) is 2. The summed E-state index contributed by atoms with van der Waals surface area (Å²) in [6.07, 6.45) is 1.60. The second kappa shape index (κ2) is 5.95. The Labute approximate surface area is 111 Å². The van der Waals surface area contributed by atoms with Gasteiger partial charge in [0, 0.05) is 11.4 Å². The summed E-state index contributed by atoms with van der Waals surface area (Å²) >= 11 is 0. The molecule has 2 rings (SSSR count). The Morgan fingerprint density at radius 3 is 2.95 bits per heavy atom. The van der Waals surface area contributed by atoms with Crippen LogP contribution in [0.25, 0.3) is 0 Å². The van der Waals surface area contributed by atoms with Gasteiger partial charge in [-0.25, -0.2) is 4.79 Å². The van der Waals surface area contributed by atoms with E-state index in [-0.39, 0.29) is 0 Å². The van der Waals surface area contributed by atoms with Crippen LogP contribution in [0.5, 0.6) is 0 Å². The SMILES string of the molecule is CCOC(=O)c1cc(N)ccc1NCc1ccco1. The summed E-state index contributed by atoms with van der Waals surface area (Å²) in [6, 6.07) is 8.75. The largest absolute Gasteiger partial charge is 0.467 e. The number of nitrogens with two attached hydrogens (primary N) is 1. The number of rotatable bonds is 5. The number of esters is 1. The maximum absolute atomic E-state index is 11.8. The fraction of sp³-hybridized carbons (Fsp3) is 0.214. The minimum absolute atomic E-state index is 0.325. The van der Waals surface area contributed by atoms with Crippen molar-refractivity contribution in [3.63, 3.8) is 0 Å². The zero-order valence-corrected chi connectivity index (χ0v) is 10.7. The van der Waals surface area contributed by atoms with E-state index in [1.54, 1.807) is 31.4 Å². The average Bonchev–Trinajstić information content (AvgIpc) is 2.90. The van der Waals surface area contributed by atoms with Gasteiger partial charge in [-0.1, -0.05) is 0 Å². The van der Waals surface area contributed by atoms with Gasteiger partial charge in [-0.3, -0.25) is 0 Å². The van der Waals surface area contributed by atoms with Gasteiger partial charge in [0.25, 0.3) is 0 Å². The highest BCUT2D eigenvalue weighted by Gasteiger charge is 2.13. The molecular weight excluding hydrogens is 244 g/mol. The van der Waals surface area contributed by atoms with Crippen LogP contribution in [0.3, 0.4) is 0 Å². The predicted octanol–water partition coefficient (Wildman–Crippen LogP) is 2.65. The molecule has 100 valence electrons. The van der Waals surface area contributed by atoms with Gasteiger partial charge < -0.3 is 20.2 Å². The summed E-state index contributed by atoms with van der Waals surface area (Å²) in [5.74, 6) is 0.392. The second-order valence-corrected chi connectivity index (χ2v) is 3.96. The Balaban J connectivity index is 2.16. The zero-order valence-electron chi connectivity index (χ0n) is 10.7. The van der Waals surface area contributed by atoms with Crippen LogP contribution in [0, 0.1) is 0 Å². The Kier molecular flexibility index (Phi) is 4.07. The number of furan rings is 1. The number of anilines is 2. The average molecular weight is 260 g/mol. The monoisotopic (exact) mass is 260 g/mol. The molecule has 19 heavy (non-hydrogen) atoms. The molecule has 0 radical (unpaired) electrons. The molecule has 0 aliphatic carbocycles. The first-order valence-corrected chi connectivity index (χ1v) is 6.03. The van der Waals surface area contributed by atoms with Crippen molar-refractivity contribution in [2.75, 3.05) is 17.7 Å². The Morgan fingerprint density at radius 1 is 1.42 bits per heavy atom. The molecule has 1 aromatic heterocycles. The van der Waals surface area contributed by atoms with E-state index in [9.17, 15) is 4.79 Å². The van der Waals surface area contributed by atoms with E-state index in [1.807, 2.05) is 12.1 Å². The van der Waals surface area contributed by atoms with Gasteiger partial charge in [0.2, 0.25) is 0 Å². The summed E-state index contributed by atoms with van der Waals surface area (Å²) in [5.41, 5.74) is 7.31. The number of carbonyl (C=O) groups is 1. The standard InChI is InChI=1S/C14H16N2O3/c1-2-18-14(17)12-8-10(15)5-6-13(12)16-9-11-4-3-7-19-11/h3-8,16H,2,9,15H2,1H3. The minimum atomic E-state index is -0.392. The third-order valence-electron chi connectivity index (χ3n) is 2.57. The van der Waals surface area contributed by atoms with Crippen molar-refractivity contribution in [1.29, 1.82) is 0 Å². The first kappa shape index (κ1) is 13.0. The van der Waals surface area contributed by atoms with E-state index in [0.717, 1.165) is 5.76 Å². The maximum atomic E-state index is 11.8. The molecule has 0 atom stereocenters. The Morgan fingerprint density at radius 2 is 2.26 bits per heavy atom. The molecule has 0 saturated heterocycles. The summed E-state index contributed by atoms with van der Waals surface area (Å²) in [5, 5.41) is 3.13. The molecule has 0 amide bonds. The van der Waals surface area contributed by atoms with E-state index in [4.69, 9.17) is 14.9 Å². The van der Waals surface area contributed by atoms with E-state index in [1.165, 1.54) is 0 Å². The molecule has 5 heteroatoms. The number of carbonyl (C=O) groups excluding carboxylic acids is 1. The molecule has 1 heterocycles. The van der Waals surface area contributed by atoms with Crippen LogP contribution in [0.2, 0.25) is 0 Å². The lowest BCUT2D eigenvalue weighted by Gasteiger charge is -2.11. The van der Waals surface area contributed by atoms with Crippen LogP contribution >= 0.6 is 0 Å². The predicted molar refractivity (Wildman–Crippen MR) is 72.8 cm³/mol. The van der Waals surface area contributed by atoms with Crippen molar-refractivity contribution in [2.24, 2.45) is 0 Å². The fourth-order valence-corrected chi connectivity index (χ4v) is 1.69. The third kappa shape index (κ3) is 3.28. The molecule has 2 aromatic rings. The van der Waals surface area contributed by atoms with Crippen LogP contribution in [0.15, 0.2) is 41.0 Å². The molecule has 5 nitrogen and oxygen atoms in total. The quantitative estimate of drug-likeness (QED) is 0.638. The van der Waals surface area contributed by atoms with Gasteiger partial charge in [0.15, 0.2) is 0 Å². The van der Waals surface area contributed by atoms with Gasteiger partial charge in [0.05, 0.1) is 25.0 Å². The molecule has 0 aliphatic rings. The lowest BCUT2D eigenvalue weighted by atomic mass is 10.1. The fourth-order valence-electron chi connectivity index (χ4n) is 1.69. The zero-order chi connectivity index (χ0) is 13.7. The van der Waals surface area contributed by atoms with Gasteiger partial charge >= 0.3 is 5.97 Å². The number of nitrogen functional groups attached to an aromatic ring is 1. The van der Waals surface area contributed by atoms with Gasteiger partial charge in [-0.05, 0) is 37.3 Å². The highest BCUT2D eigenvalue weighted by atomic mass is 16.5. The van der Waals surface area contributed by atoms with Gasteiger partial charge in [-0.15, -0.1) is 0 Å². The summed E-state index contributed by atoms with van der Waals surface area (Å²) in [4.78, 5) is 11.8. The first-order chi connectivity index (χ1) is 9.20. The lowest BCUT2D eigenvalue weighted by Crippen LogP contribution is -2.10. The second-order valence-electron chi connectivity index (χ2n) is 3.96. The Bertz CT molecular complexity index is 550. The first-order valence-electron chi connectivity index (χ1n) is 6.03. The molecule has 0 saturated carbocycles. The highest BCUT2D eigenvalue weighted by Crippen LogP contribution is 2.21. The molecule has 0 aliphatic heterocycles. The van der Waals surface area contributed by atoms with E-state index in [0.29, 0.717) is 30.1 Å². The summed E-state index contributed by atoms with van der Waals surface area (Å²) < 4.78 is 10.2. The van der Waals surface area contributed by atoms with Crippen molar-refractivity contribution in [3.05, 3.63) is 47.9 Å². The topological polar surface area (TPSA) is 77.5 Å². The molecule has 0 spiro atoms. The van der Waals surface area contributed by atoms with Crippen LogP contribution in [-0.4, -0.2) is 12.6 Å². The van der Waals surface area contributed by atoms with Crippen LogP contribution in [0.4, 0.5) is 11.4 Å². The minimum Gasteiger partial charge on any atom is -0.467 e. The third-order valence-corrected chi connectivity index (χ3v) is 2.57. The molecule has 3 N–H and O–H groups in total.